The first-order chi connectivity index (χ1) is 13.3. The van der Waals surface area contributed by atoms with Crippen LogP contribution in [-0.2, 0) is 21.3 Å². The minimum absolute atomic E-state index is 0. The number of hydrogen-bond donors (Lipinski definition) is 0. The van der Waals surface area contributed by atoms with Gasteiger partial charge in [-0.1, -0.05) is 0 Å². The van der Waals surface area contributed by atoms with Crippen LogP contribution in [0.2, 0.25) is 0 Å². The molecule has 0 fully saturated rings. The van der Waals surface area contributed by atoms with Crippen LogP contribution >= 0.6 is 0 Å². The quantitative estimate of drug-likeness (QED) is 0.578. The van der Waals surface area contributed by atoms with Crippen LogP contribution in [0, 0.1) is 11.3 Å². The Hall–Kier alpha value is -0.747. The van der Waals surface area contributed by atoms with Gasteiger partial charge >= 0.3 is 179 Å². The Balaban J connectivity index is 0.00000160. The van der Waals surface area contributed by atoms with Crippen LogP contribution in [0.4, 0.5) is 0 Å². The van der Waals surface area contributed by atoms with Crippen molar-refractivity contribution in [1.82, 2.24) is 0 Å². The smallest absolute Gasteiger partial charge is 1.00 e. The summed E-state index contributed by atoms with van der Waals surface area (Å²) in [6, 6.07) is 18.3. The molecule has 0 saturated carbocycles. The van der Waals surface area contributed by atoms with E-state index in [1.807, 2.05) is 3.28 Å². The zero-order chi connectivity index (χ0) is 20.1. The Bertz CT molecular complexity index is 972. The molecule has 2 aliphatic carbocycles. The van der Waals surface area contributed by atoms with Gasteiger partial charge in [0.25, 0.3) is 0 Å². The Labute approximate surface area is 202 Å². The van der Waals surface area contributed by atoms with Gasteiger partial charge in [0, 0.05) is 0 Å². The molecule has 3 heteroatoms. The van der Waals surface area contributed by atoms with Crippen molar-refractivity contribution in [2.24, 2.45) is 11.3 Å². The average molecular weight is 519 g/mol. The van der Waals surface area contributed by atoms with Gasteiger partial charge in [0.1, 0.15) is 0 Å². The van der Waals surface area contributed by atoms with E-state index in [1.54, 1.807) is 19.9 Å². The molecule has 0 radical (unpaired) electrons. The molecule has 0 bridgehead atoms. The van der Waals surface area contributed by atoms with E-state index in [2.05, 4.69) is 102 Å². The Morgan fingerprint density at radius 1 is 0.867 bits per heavy atom. The van der Waals surface area contributed by atoms with Crippen LogP contribution in [0.1, 0.15) is 62.7 Å². The summed E-state index contributed by atoms with van der Waals surface area (Å²) in [6.07, 6.45) is 6.43. The molecule has 0 aliphatic heterocycles. The van der Waals surface area contributed by atoms with Crippen molar-refractivity contribution in [3.8, 4) is 11.1 Å². The van der Waals surface area contributed by atoms with Crippen molar-refractivity contribution in [2.45, 2.75) is 51.6 Å². The molecule has 0 amide bonds. The molecule has 0 heterocycles. The fourth-order valence-electron chi connectivity index (χ4n) is 4.92. The number of hydrogen-bond acceptors (Lipinski definition) is 0. The summed E-state index contributed by atoms with van der Waals surface area (Å²) < 4.78 is 4.14. The second kappa shape index (κ2) is 9.81. The molecule has 2 aromatic carbocycles. The van der Waals surface area contributed by atoms with E-state index in [0.29, 0.717) is 9.54 Å². The SMILES string of the molecule is CCC1C=C(C(C)(C)C)C=[C]1[Zr+2](=[C](C)C)[CH]1c2ccccc2-c2ccccc21.[Cl-].[Cl-]. The van der Waals surface area contributed by atoms with Crippen LogP contribution in [0.15, 0.2) is 69.5 Å². The number of benzene rings is 2. The minimum Gasteiger partial charge on any atom is -1.00 e. The first-order valence-corrected chi connectivity index (χ1v) is 14.5. The van der Waals surface area contributed by atoms with E-state index in [4.69, 9.17) is 0 Å². The van der Waals surface area contributed by atoms with Gasteiger partial charge in [0.05, 0.1) is 0 Å². The molecule has 0 aromatic heterocycles. The third-order valence-corrected chi connectivity index (χ3v) is 14.8. The van der Waals surface area contributed by atoms with Crippen molar-refractivity contribution in [3.05, 3.63) is 80.7 Å². The fourth-order valence-corrected chi connectivity index (χ4v) is 13.8. The monoisotopic (exact) mass is 516 g/mol. The van der Waals surface area contributed by atoms with Crippen molar-refractivity contribution >= 4 is 3.21 Å². The maximum atomic E-state index is 2.62. The van der Waals surface area contributed by atoms with Gasteiger partial charge in [-0.05, 0) is 0 Å². The summed E-state index contributed by atoms with van der Waals surface area (Å²) >= 11 is -2.09. The molecule has 158 valence electrons. The standard InChI is InChI=1S/C13H9.C11H17.C3H6.2ClH.Zr/c1-3-7-12-10(5-1)9-11-6-2-4-8-13(11)12;1-5-9-6-7-10(8-9)11(2,3)4;1-3-2;;;/h1-9H;7-9H,5H2,1-4H3;1-2H3;2*1H;/q;;;;;+2/p-2. The molecule has 0 nitrogen and oxygen atoms in total. The van der Waals surface area contributed by atoms with E-state index >= 15 is 0 Å². The molecule has 0 saturated heterocycles. The van der Waals surface area contributed by atoms with Crippen LogP contribution in [-0.4, -0.2) is 3.21 Å². The van der Waals surface area contributed by atoms with Crippen LogP contribution < -0.4 is 24.8 Å². The van der Waals surface area contributed by atoms with Gasteiger partial charge in [-0.2, -0.15) is 0 Å². The summed E-state index contributed by atoms with van der Waals surface area (Å²) in [7, 11) is 0. The van der Waals surface area contributed by atoms with Crippen molar-refractivity contribution in [2.75, 3.05) is 0 Å². The summed E-state index contributed by atoms with van der Waals surface area (Å²) in [4.78, 5) is 0. The summed E-state index contributed by atoms with van der Waals surface area (Å²) in [5.41, 5.74) is 7.89. The largest absolute Gasteiger partial charge is 1.00 e. The van der Waals surface area contributed by atoms with Crippen molar-refractivity contribution in [3.63, 3.8) is 0 Å². The second-order valence-corrected chi connectivity index (χ2v) is 16.8. The average Bonchev–Trinajstić information content (AvgIpc) is 3.23. The number of rotatable bonds is 3. The normalized spacial score (nSPS) is 16.9. The predicted molar refractivity (Wildman–Crippen MR) is 119 cm³/mol. The van der Waals surface area contributed by atoms with Crippen LogP contribution in [0.3, 0.4) is 0 Å². The Kier molecular flexibility index (Phi) is 8.34. The fraction of sp³-hybridized carbons (Fsp3) is 0.370. The van der Waals surface area contributed by atoms with Gasteiger partial charge < -0.3 is 24.8 Å². The number of fused-ring (bicyclic) bond motifs is 3. The van der Waals surface area contributed by atoms with Gasteiger partial charge in [-0.3, -0.25) is 0 Å². The third-order valence-electron chi connectivity index (χ3n) is 6.37. The van der Waals surface area contributed by atoms with Gasteiger partial charge in [0.2, 0.25) is 0 Å². The molecule has 2 aliphatic rings. The summed E-state index contributed by atoms with van der Waals surface area (Å²) in [5.74, 6) is 0.637. The summed E-state index contributed by atoms with van der Waals surface area (Å²) in [5, 5.41) is 0. The predicted octanol–water partition coefficient (Wildman–Crippen LogP) is 1.49. The molecular formula is C27H32Cl2Zr. The zero-order valence-electron chi connectivity index (χ0n) is 18.9. The molecule has 1 atom stereocenters. The number of allylic oxidation sites excluding steroid dienone is 4. The van der Waals surface area contributed by atoms with Gasteiger partial charge in [-0.25, -0.2) is 0 Å². The maximum absolute atomic E-state index is 2.62. The maximum Gasteiger partial charge on any atom is -1.00 e. The molecule has 0 N–H and O–H groups in total. The van der Waals surface area contributed by atoms with E-state index in [0.717, 1.165) is 0 Å². The summed E-state index contributed by atoms with van der Waals surface area (Å²) in [6.45, 7) is 14.3. The van der Waals surface area contributed by atoms with E-state index in [9.17, 15) is 0 Å². The van der Waals surface area contributed by atoms with Crippen LogP contribution in [0.25, 0.3) is 11.1 Å². The molecular weight excluding hydrogens is 486 g/mol. The minimum atomic E-state index is -2.09. The van der Waals surface area contributed by atoms with Crippen LogP contribution in [0.5, 0.6) is 0 Å². The molecule has 2 aromatic rings. The van der Waals surface area contributed by atoms with Crippen molar-refractivity contribution < 1.29 is 46.1 Å². The zero-order valence-corrected chi connectivity index (χ0v) is 22.9. The second-order valence-electron chi connectivity index (χ2n) is 9.51. The Morgan fingerprint density at radius 3 is 1.80 bits per heavy atom. The molecule has 30 heavy (non-hydrogen) atoms. The topological polar surface area (TPSA) is 0 Å². The molecule has 1 unspecified atom stereocenters. The third kappa shape index (κ3) is 4.41. The first-order valence-electron chi connectivity index (χ1n) is 10.6. The first kappa shape index (κ1) is 25.5. The molecule has 0 spiro atoms. The van der Waals surface area contributed by atoms with E-state index < -0.39 is 21.3 Å². The Morgan fingerprint density at radius 2 is 1.37 bits per heavy atom. The van der Waals surface area contributed by atoms with E-state index in [-0.39, 0.29) is 30.2 Å². The van der Waals surface area contributed by atoms with Gasteiger partial charge in [0.15, 0.2) is 0 Å². The van der Waals surface area contributed by atoms with Gasteiger partial charge in [-0.15, -0.1) is 0 Å². The van der Waals surface area contributed by atoms with Crippen molar-refractivity contribution in [1.29, 1.82) is 0 Å². The molecule has 4 rings (SSSR count). The van der Waals surface area contributed by atoms with E-state index in [1.165, 1.54) is 17.5 Å². The number of halogens is 2.